The average Bonchev–Trinajstić information content (AvgIpc) is 2.26. The summed E-state index contributed by atoms with van der Waals surface area (Å²) in [5.41, 5.74) is 4.01. The average molecular weight is 190 g/mol. The van der Waals surface area contributed by atoms with Crippen LogP contribution in [0.5, 0.6) is 0 Å². The Morgan fingerprint density at radius 3 is 3.21 bits per heavy atom. The number of hydrogen-bond donors (Lipinski definition) is 2. The van der Waals surface area contributed by atoms with Gasteiger partial charge in [-0.3, -0.25) is 0 Å². The second-order valence-corrected chi connectivity index (χ2v) is 3.83. The van der Waals surface area contributed by atoms with Gasteiger partial charge in [-0.1, -0.05) is 13.0 Å². The third kappa shape index (κ3) is 2.00. The molecule has 0 aromatic heterocycles. The van der Waals surface area contributed by atoms with Crippen molar-refractivity contribution in [1.82, 2.24) is 0 Å². The van der Waals surface area contributed by atoms with Crippen molar-refractivity contribution >= 4 is 11.4 Å². The molecule has 2 N–H and O–H groups in total. The Bertz CT molecular complexity index is 307. The number of aryl methyl sites for hydroxylation is 1. The van der Waals surface area contributed by atoms with Crippen molar-refractivity contribution in [2.45, 2.75) is 26.2 Å². The van der Waals surface area contributed by atoms with Gasteiger partial charge < -0.3 is 10.6 Å². The van der Waals surface area contributed by atoms with E-state index < -0.39 is 0 Å². The van der Waals surface area contributed by atoms with Crippen molar-refractivity contribution in [3.8, 4) is 0 Å². The number of hydrogen-bond acceptors (Lipinski definition) is 2. The first kappa shape index (κ1) is 9.38. The second-order valence-electron chi connectivity index (χ2n) is 3.83. The molecule has 2 rings (SSSR count). The van der Waals surface area contributed by atoms with Crippen LogP contribution in [-0.4, -0.2) is 13.1 Å². The van der Waals surface area contributed by atoms with Crippen LogP contribution in [0.4, 0.5) is 11.4 Å². The van der Waals surface area contributed by atoms with Crippen LogP contribution >= 0.6 is 0 Å². The van der Waals surface area contributed by atoms with Gasteiger partial charge in [0, 0.05) is 24.5 Å². The van der Waals surface area contributed by atoms with Crippen LogP contribution in [0, 0.1) is 0 Å². The van der Waals surface area contributed by atoms with Crippen molar-refractivity contribution in [2.75, 3.05) is 23.7 Å². The molecule has 2 nitrogen and oxygen atoms in total. The van der Waals surface area contributed by atoms with E-state index in [1.807, 2.05) is 0 Å². The topological polar surface area (TPSA) is 24.1 Å². The van der Waals surface area contributed by atoms with E-state index in [-0.39, 0.29) is 0 Å². The summed E-state index contributed by atoms with van der Waals surface area (Å²) in [6.07, 6.45) is 3.65. The number of nitrogens with one attached hydrogen (secondary N) is 2. The molecule has 0 radical (unpaired) electrons. The molecule has 0 saturated heterocycles. The zero-order valence-electron chi connectivity index (χ0n) is 8.77. The maximum Gasteiger partial charge on any atom is 0.0393 e. The fraction of sp³-hybridized carbons (Fsp3) is 0.500. The highest BCUT2D eigenvalue weighted by Crippen LogP contribution is 2.25. The Labute approximate surface area is 85.7 Å². The van der Waals surface area contributed by atoms with E-state index >= 15 is 0 Å². The first-order valence-corrected chi connectivity index (χ1v) is 5.51. The molecule has 1 aliphatic heterocycles. The fourth-order valence-corrected chi connectivity index (χ4v) is 1.84. The molecule has 1 aromatic rings. The normalized spacial score (nSPS) is 14.4. The monoisotopic (exact) mass is 190 g/mol. The Morgan fingerprint density at radius 2 is 2.36 bits per heavy atom. The lowest BCUT2D eigenvalue weighted by atomic mass is 10.0. The van der Waals surface area contributed by atoms with Crippen molar-refractivity contribution < 1.29 is 0 Å². The van der Waals surface area contributed by atoms with Crippen molar-refractivity contribution in [2.24, 2.45) is 0 Å². The van der Waals surface area contributed by atoms with Gasteiger partial charge in [0.25, 0.3) is 0 Å². The lowest BCUT2D eigenvalue weighted by molar-refractivity contribution is 0.830. The summed E-state index contributed by atoms with van der Waals surface area (Å²) < 4.78 is 0. The molecule has 1 aromatic carbocycles. The van der Waals surface area contributed by atoms with Crippen LogP contribution in [-0.2, 0) is 6.42 Å². The standard InChI is InChI=1S/C12H18N2/c1-2-7-13-11-6-5-10-4-3-8-14-12(10)9-11/h5-6,9,13-14H,2-4,7-8H2,1H3. The van der Waals surface area contributed by atoms with E-state index in [0.717, 1.165) is 13.1 Å². The zero-order chi connectivity index (χ0) is 9.80. The first-order valence-electron chi connectivity index (χ1n) is 5.51. The molecule has 0 unspecified atom stereocenters. The highest BCUT2D eigenvalue weighted by Gasteiger charge is 2.07. The Kier molecular flexibility index (Phi) is 2.92. The van der Waals surface area contributed by atoms with E-state index in [2.05, 4.69) is 35.8 Å². The molecule has 0 atom stereocenters. The lowest BCUT2D eigenvalue weighted by Gasteiger charge is -2.19. The number of rotatable bonds is 3. The number of benzene rings is 1. The predicted molar refractivity (Wildman–Crippen MR) is 62.0 cm³/mol. The summed E-state index contributed by atoms with van der Waals surface area (Å²) in [6, 6.07) is 6.64. The molecule has 0 amide bonds. The van der Waals surface area contributed by atoms with Crippen LogP contribution in [0.25, 0.3) is 0 Å². The fourth-order valence-electron chi connectivity index (χ4n) is 1.84. The van der Waals surface area contributed by atoms with Crippen LogP contribution in [0.1, 0.15) is 25.3 Å². The first-order chi connectivity index (χ1) is 6.90. The Morgan fingerprint density at radius 1 is 1.43 bits per heavy atom. The molecule has 76 valence electrons. The van der Waals surface area contributed by atoms with Crippen molar-refractivity contribution in [3.05, 3.63) is 23.8 Å². The molecule has 2 heteroatoms. The number of anilines is 2. The second kappa shape index (κ2) is 4.36. The molecule has 1 aliphatic rings. The van der Waals surface area contributed by atoms with Crippen molar-refractivity contribution in [3.63, 3.8) is 0 Å². The molecule has 0 spiro atoms. The van der Waals surface area contributed by atoms with Gasteiger partial charge in [0.05, 0.1) is 0 Å². The Hall–Kier alpha value is -1.18. The maximum absolute atomic E-state index is 3.44. The molecular weight excluding hydrogens is 172 g/mol. The summed E-state index contributed by atoms with van der Waals surface area (Å²) in [7, 11) is 0. The molecule has 0 saturated carbocycles. The van der Waals surface area contributed by atoms with Gasteiger partial charge in [0.1, 0.15) is 0 Å². The van der Waals surface area contributed by atoms with Crippen LogP contribution < -0.4 is 10.6 Å². The minimum atomic E-state index is 1.05. The van der Waals surface area contributed by atoms with Crippen molar-refractivity contribution in [1.29, 1.82) is 0 Å². The molecule has 14 heavy (non-hydrogen) atoms. The van der Waals surface area contributed by atoms with Gasteiger partial charge >= 0.3 is 0 Å². The molecular formula is C12H18N2. The van der Waals surface area contributed by atoms with E-state index in [0.29, 0.717) is 0 Å². The van der Waals surface area contributed by atoms with Crippen LogP contribution in [0.3, 0.4) is 0 Å². The quantitative estimate of drug-likeness (QED) is 0.765. The van der Waals surface area contributed by atoms with Gasteiger partial charge in [-0.2, -0.15) is 0 Å². The summed E-state index contributed by atoms with van der Waals surface area (Å²) in [4.78, 5) is 0. The lowest BCUT2D eigenvalue weighted by Crippen LogP contribution is -2.12. The highest BCUT2D eigenvalue weighted by atomic mass is 14.9. The predicted octanol–water partition coefficient (Wildman–Crippen LogP) is 2.87. The summed E-state index contributed by atoms with van der Waals surface area (Å²) in [6.45, 7) is 4.35. The van der Waals surface area contributed by atoms with E-state index in [4.69, 9.17) is 0 Å². The van der Waals surface area contributed by atoms with Crippen LogP contribution in [0.2, 0.25) is 0 Å². The van der Waals surface area contributed by atoms with Gasteiger partial charge in [0.2, 0.25) is 0 Å². The molecule has 0 bridgehead atoms. The zero-order valence-corrected chi connectivity index (χ0v) is 8.77. The van der Waals surface area contributed by atoms with Gasteiger partial charge in [-0.25, -0.2) is 0 Å². The maximum atomic E-state index is 3.44. The molecule has 1 heterocycles. The molecule has 0 fully saturated rings. The van der Waals surface area contributed by atoms with E-state index in [9.17, 15) is 0 Å². The third-order valence-electron chi connectivity index (χ3n) is 2.63. The SMILES string of the molecule is CCCNc1ccc2c(c1)NCCC2. The van der Waals surface area contributed by atoms with Crippen LogP contribution in [0.15, 0.2) is 18.2 Å². The summed E-state index contributed by atoms with van der Waals surface area (Å²) in [5, 5.41) is 6.84. The highest BCUT2D eigenvalue weighted by molar-refractivity contribution is 5.62. The largest absolute Gasteiger partial charge is 0.385 e. The summed E-state index contributed by atoms with van der Waals surface area (Å²) >= 11 is 0. The minimum absolute atomic E-state index is 1.05. The Balaban J connectivity index is 2.12. The smallest absolute Gasteiger partial charge is 0.0393 e. The molecule has 0 aliphatic carbocycles. The minimum Gasteiger partial charge on any atom is -0.385 e. The third-order valence-corrected chi connectivity index (χ3v) is 2.63. The van der Waals surface area contributed by atoms with Gasteiger partial charge in [-0.05, 0) is 37.0 Å². The summed E-state index contributed by atoms with van der Waals surface area (Å²) in [5.74, 6) is 0. The van der Waals surface area contributed by atoms with E-state index in [1.165, 1.54) is 36.2 Å². The van der Waals surface area contributed by atoms with E-state index in [1.54, 1.807) is 0 Å². The van der Waals surface area contributed by atoms with Gasteiger partial charge in [0.15, 0.2) is 0 Å². The number of fused-ring (bicyclic) bond motifs is 1. The van der Waals surface area contributed by atoms with Gasteiger partial charge in [-0.15, -0.1) is 0 Å².